The Morgan fingerprint density at radius 1 is 1.21 bits per heavy atom. The zero-order valence-electron chi connectivity index (χ0n) is 13.6. The molecule has 0 fully saturated rings. The second kappa shape index (κ2) is 5.93. The Balaban J connectivity index is 3.47. The van der Waals surface area contributed by atoms with Crippen LogP contribution in [0.25, 0.3) is 0 Å². The average molecular weight is 264 g/mol. The van der Waals surface area contributed by atoms with Gasteiger partial charge in [-0.3, -0.25) is 0 Å². The molecule has 0 aromatic heterocycles. The molecular formula is C16H28N2O. The van der Waals surface area contributed by atoms with Crippen LogP contribution in [0, 0.1) is 13.8 Å². The van der Waals surface area contributed by atoms with Crippen molar-refractivity contribution >= 4 is 0 Å². The highest BCUT2D eigenvalue weighted by Crippen LogP contribution is 2.38. The Bertz CT molecular complexity index is 439. The van der Waals surface area contributed by atoms with Crippen LogP contribution in [-0.4, -0.2) is 38.7 Å². The van der Waals surface area contributed by atoms with Crippen molar-refractivity contribution in [2.75, 3.05) is 28.3 Å². The summed E-state index contributed by atoms with van der Waals surface area (Å²) >= 11 is 0. The molecule has 0 spiro atoms. The molecule has 3 nitrogen and oxygen atoms in total. The first-order valence-corrected chi connectivity index (χ1v) is 6.75. The Kier molecular flexibility index (Phi) is 4.99. The summed E-state index contributed by atoms with van der Waals surface area (Å²) in [5.74, 6) is 0.972. The van der Waals surface area contributed by atoms with Gasteiger partial charge in [0.25, 0.3) is 0 Å². The van der Waals surface area contributed by atoms with Crippen LogP contribution in [0.1, 0.15) is 36.6 Å². The Hall–Kier alpha value is -1.06. The van der Waals surface area contributed by atoms with Gasteiger partial charge in [0.2, 0.25) is 0 Å². The van der Waals surface area contributed by atoms with E-state index in [0.717, 1.165) is 5.75 Å². The monoisotopic (exact) mass is 264 g/mol. The van der Waals surface area contributed by atoms with E-state index in [1.807, 2.05) is 7.05 Å². The molecule has 0 radical (unpaired) electrons. The molecule has 0 bridgehead atoms. The average Bonchev–Trinajstić information content (AvgIpc) is 2.31. The number of benzene rings is 1. The van der Waals surface area contributed by atoms with E-state index in [1.54, 1.807) is 7.11 Å². The predicted molar refractivity (Wildman–Crippen MR) is 82.0 cm³/mol. The van der Waals surface area contributed by atoms with Crippen LogP contribution >= 0.6 is 0 Å². The van der Waals surface area contributed by atoms with Crippen molar-refractivity contribution in [3.05, 3.63) is 28.8 Å². The molecule has 1 aromatic carbocycles. The lowest BCUT2D eigenvalue weighted by molar-refractivity contribution is 0.173. The molecule has 19 heavy (non-hydrogen) atoms. The van der Waals surface area contributed by atoms with Gasteiger partial charge in [0.1, 0.15) is 5.75 Å². The quantitative estimate of drug-likeness (QED) is 0.885. The van der Waals surface area contributed by atoms with Crippen molar-refractivity contribution in [1.29, 1.82) is 0 Å². The van der Waals surface area contributed by atoms with Gasteiger partial charge in [-0.25, -0.2) is 0 Å². The summed E-state index contributed by atoms with van der Waals surface area (Å²) in [6.07, 6.45) is 0. The zero-order chi connectivity index (χ0) is 14.8. The van der Waals surface area contributed by atoms with E-state index in [-0.39, 0.29) is 11.6 Å². The molecule has 1 rings (SSSR count). The third-order valence-electron chi connectivity index (χ3n) is 3.83. The maximum absolute atomic E-state index is 5.62. The van der Waals surface area contributed by atoms with Gasteiger partial charge in [0, 0.05) is 11.1 Å². The molecule has 0 amide bonds. The third kappa shape index (κ3) is 3.28. The number of hydrogen-bond acceptors (Lipinski definition) is 3. The van der Waals surface area contributed by atoms with Gasteiger partial charge in [-0.2, -0.15) is 0 Å². The Morgan fingerprint density at radius 2 is 1.79 bits per heavy atom. The highest BCUT2D eigenvalue weighted by molar-refractivity contribution is 5.46. The summed E-state index contributed by atoms with van der Waals surface area (Å²) in [6.45, 7) is 8.70. The molecule has 0 aliphatic carbocycles. The highest BCUT2D eigenvalue weighted by atomic mass is 16.5. The number of aryl methyl sites for hydroxylation is 2. The van der Waals surface area contributed by atoms with E-state index < -0.39 is 0 Å². The topological polar surface area (TPSA) is 24.5 Å². The van der Waals surface area contributed by atoms with Gasteiger partial charge in [-0.1, -0.05) is 6.07 Å². The van der Waals surface area contributed by atoms with Crippen molar-refractivity contribution < 1.29 is 4.74 Å². The lowest BCUT2D eigenvalue weighted by Crippen LogP contribution is -2.48. The number of nitrogens with one attached hydrogen (secondary N) is 1. The summed E-state index contributed by atoms with van der Waals surface area (Å²) in [4.78, 5) is 2.25. The molecule has 1 aromatic rings. The Morgan fingerprint density at radius 3 is 2.21 bits per heavy atom. The molecule has 1 unspecified atom stereocenters. The molecule has 3 heteroatoms. The first-order chi connectivity index (χ1) is 8.74. The minimum Gasteiger partial charge on any atom is -0.496 e. The number of likely N-dealkylation sites (N-methyl/N-ethyl adjacent to an activating group) is 2. The number of methoxy groups -OCH3 is 1. The normalized spacial score (nSPS) is 13.7. The van der Waals surface area contributed by atoms with E-state index in [9.17, 15) is 0 Å². The first kappa shape index (κ1) is 16.0. The van der Waals surface area contributed by atoms with E-state index in [4.69, 9.17) is 4.74 Å². The van der Waals surface area contributed by atoms with E-state index in [2.05, 4.69) is 64.1 Å². The van der Waals surface area contributed by atoms with Crippen molar-refractivity contribution in [3.63, 3.8) is 0 Å². The van der Waals surface area contributed by atoms with Crippen LogP contribution in [0.15, 0.2) is 12.1 Å². The van der Waals surface area contributed by atoms with Crippen molar-refractivity contribution in [1.82, 2.24) is 10.2 Å². The summed E-state index contributed by atoms with van der Waals surface area (Å²) in [7, 11) is 7.98. The molecule has 0 aliphatic rings. The van der Waals surface area contributed by atoms with E-state index in [0.29, 0.717) is 0 Å². The lowest BCUT2D eigenvalue weighted by atomic mass is 9.84. The van der Waals surface area contributed by atoms with Gasteiger partial charge in [-0.15, -0.1) is 0 Å². The maximum atomic E-state index is 5.62. The largest absolute Gasteiger partial charge is 0.496 e. The van der Waals surface area contributed by atoms with Crippen molar-refractivity contribution in [2.24, 2.45) is 0 Å². The number of hydrogen-bond donors (Lipinski definition) is 1. The van der Waals surface area contributed by atoms with Crippen molar-refractivity contribution in [2.45, 2.75) is 39.3 Å². The molecule has 1 N–H and O–H groups in total. The van der Waals surface area contributed by atoms with Crippen LogP contribution < -0.4 is 10.1 Å². The van der Waals surface area contributed by atoms with Gasteiger partial charge in [-0.05, 0) is 66.0 Å². The molecular weight excluding hydrogens is 236 g/mol. The lowest BCUT2D eigenvalue weighted by Gasteiger charge is -2.40. The van der Waals surface area contributed by atoms with E-state index in [1.165, 1.54) is 16.7 Å². The standard InChI is InChI=1S/C16H28N2O/c1-11-9-12(2)14(13(10-11)19-8)15(18(6)7)16(3,4)17-5/h9-10,15,17H,1-8H3. The van der Waals surface area contributed by atoms with Crippen LogP contribution in [0.2, 0.25) is 0 Å². The smallest absolute Gasteiger partial charge is 0.124 e. The predicted octanol–water partition coefficient (Wildman–Crippen LogP) is 2.91. The fraction of sp³-hybridized carbons (Fsp3) is 0.625. The van der Waals surface area contributed by atoms with Crippen molar-refractivity contribution in [3.8, 4) is 5.75 Å². The highest BCUT2D eigenvalue weighted by Gasteiger charge is 2.34. The second-order valence-electron chi connectivity index (χ2n) is 6.04. The Labute approximate surface area is 118 Å². The number of ether oxygens (including phenoxy) is 1. The minimum atomic E-state index is -0.0448. The number of nitrogens with zero attached hydrogens (tertiary/aromatic N) is 1. The molecule has 108 valence electrons. The van der Waals surface area contributed by atoms with Crippen LogP contribution in [0.4, 0.5) is 0 Å². The summed E-state index contributed by atoms with van der Waals surface area (Å²) in [5.41, 5.74) is 3.73. The van der Waals surface area contributed by atoms with Gasteiger partial charge in [0.15, 0.2) is 0 Å². The van der Waals surface area contributed by atoms with Crippen LogP contribution in [-0.2, 0) is 0 Å². The number of rotatable bonds is 5. The van der Waals surface area contributed by atoms with Crippen LogP contribution in [0.5, 0.6) is 5.75 Å². The fourth-order valence-electron chi connectivity index (χ4n) is 2.86. The summed E-state index contributed by atoms with van der Waals surface area (Å²) in [5, 5.41) is 3.42. The third-order valence-corrected chi connectivity index (χ3v) is 3.83. The van der Waals surface area contributed by atoms with Gasteiger partial charge < -0.3 is 15.0 Å². The van der Waals surface area contributed by atoms with Gasteiger partial charge in [0.05, 0.1) is 13.2 Å². The second-order valence-corrected chi connectivity index (χ2v) is 6.04. The van der Waals surface area contributed by atoms with Crippen LogP contribution in [0.3, 0.4) is 0 Å². The molecule has 1 atom stereocenters. The molecule has 0 aliphatic heterocycles. The summed E-state index contributed by atoms with van der Waals surface area (Å²) in [6, 6.07) is 4.58. The SMILES string of the molecule is CNC(C)(C)C(c1c(C)cc(C)cc1OC)N(C)C. The fourth-order valence-corrected chi connectivity index (χ4v) is 2.86. The van der Waals surface area contributed by atoms with E-state index >= 15 is 0 Å². The molecule has 0 saturated heterocycles. The zero-order valence-corrected chi connectivity index (χ0v) is 13.6. The van der Waals surface area contributed by atoms with Gasteiger partial charge >= 0.3 is 0 Å². The molecule has 0 heterocycles. The first-order valence-electron chi connectivity index (χ1n) is 6.75. The molecule has 0 saturated carbocycles. The minimum absolute atomic E-state index is 0.0448. The summed E-state index contributed by atoms with van der Waals surface area (Å²) < 4.78 is 5.62. The maximum Gasteiger partial charge on any atom is 0.124 e.